The second-order valence-corrected chi connectivity index (χ2v) is 5.21. The first-order valence-corrected chi connectivity index (χ1v) is 5.36. The molecule has 1 amide bonds. The third-order valence-corrected chi connectivity index (χ3v) is 2.83. The summed E-state index contributed by atoms with van der Waals surface area (Å²) in [4.78, 5) is 22.6. The van der Waals surface area contributed by atoms with Crippen LogP contribution in [0.4, 0.5) is 0 Å². The van der Waals surface area contributed by atoms with Crippen molar-refractivity contribution in [2.24, 2.45) is 11.3 Å². The number of nitrogens with one attached hydrogen (secondary N) is 1. The van der Waals surface area contributed by atoms with Gasteiger partial charge < -0.3 is 10.4 Å². The molecule has 0 aliphatic heterocycles. The van der Waals surface area contributed by atoms with Crippen LogP contribution in [0.15, 0.2) is 0 Å². The maximum Gasteiger partial charge on any atom is 0.308 e. The Morgan fingerprint density at radius 2 is 1.87 bits per heavy atom. The van der Waals surface area contributed by atoms with Gasteiger partial charge in [0.2, 0.25) is 5.91 Å². The van der Waals surface area contributed by atoms with Gasteiger partial charge in [0.25, 0.3) is 0 Å². The van der Waals surface area contributed by atoms with Crippen LogP contribution in [0.3, 0.4) is 0 Å². The summed E-state index contributed by atoms with van der Waals surface area (Å²) in [7, 11) is 0. The molecule has 1 aliphatic rings. The Balaban J connectivity index is 2.58. The number of carboxylic acids is 1. The highest BCUT2D eigenvalue weighted by atomic mass is 16.4. The van der Waals surface area contributed by atoms with Gasteiger partial charge in [-0.2, -0.15) is 0 Å². The van der Waals surface area contributed by atoms with Gasteiger partial charge in [0.15, 0.2) is 0 Å². The summed E-state index contributed by atoms with van der Waals surface area (Å²) in [5, 5.41) is 11.8. The Bertz CT molecular complexity index is 267. The monoisotopic (exact) mass is 213 g/mol. The van der Waals surface area contributed by atoms with Gasteiger partial charge in [0, 0.05) is 11.5 Å². The van der Waals surface area contributed by atoms with Crippen molar-refractivity contribution in [2.45, 2.75) is 46.1 Å². The quantitative estimate of drug-likeness (QED) is 0.728. The number of hydrogen-bond acceptors (Lipinski definition) is 2. The predicted octanol–water partition coefficient (Wildman–Crippen LogP) is 1.40. The van der Waals surface area contributed by atoms with E-state index in [1.807, 2.05) is 20.8 Å². The molecule has 4 heteroatoms. The van der Waals surface area contributed by atoms with E-state index < -0.39 is 17.3 Å². The van der Waals surface area contributed by atoms with Crippen molar-refractivity contribution in [3.63, 3.8) is 0 Å². The summed E-state index contributed by atoms with van der Waals surface area (Å²) in [5.41, 5.74) is -0.453. The largest absolute Gasteiger partial charge is 0.481 e. The average Bonchev–Trinajstić information content (AvgIpc) is 2.50. The van der Waals surface area contributed by atoms with Gasteiger partial charge in [-0.1, -0.05) is 27.2 Å². The molecule has 2 unspecified atom stereocenters. The number of carbonyl (C=O) groups excluding carboxylic acids is 1. The lowest BCUT2D eigenvalue weighted by atomic mass is 9.94. The topological polar surface area (TPSA) is 66.4 Å². The first kappa shape index (κ1) is 12.0. The lowest BCUT2D eigenvalue weighted by Crippen LogP contribution is -2.45. The minimum absolute atomic E-state index is 0.0688. The summed E-state index contributed by atoms with van der Waals surface area (Å²) in [6, 6.07) is -0.186. The highest BCUT2D eigenvalue weighted by Crippen LogP contribution is 2.27. The van der Waals surface area contributed by atoms with Crippen molar-refractivity contribution >= 4 is 11.9 Å². The Morgan fingerprint density at radius 3 is 2.33 bits per heavy atom. The molecule has 1 fully saturated rings. The molecule has 1 rings (SSSR count). The minimum Gasteiger partial charge on any atom is -0.481 e. The highest BCUT2D eigenvalue weighted by Gasteiger charge is 2.35. The van der Waals surface area contributed by atoms with E-state index in [0.717, 1.165) is 12.8 Å². The molecule has 0 spiro atoms. The van der Waals surface area contributed by atoms with Crippen LogP contribution in [0.2, 0.25) is 0 Å². The van der Waals surface area contributed by atoms with Crippen LogP contribution in [-0.2, 0) is 9.59 Å². The third-order valence-electron chi connectivity index (χ3n) is 2.83. The summed E-state index contributed by atoms with van der Waals surface area (Å²) in [5.74, 6) is -1.27. The number of rotatable bonds is 2. The van der Waals surface area contributed by atoms with Crippen LogP contribution in [0.1, 0.15) is 40.0 Å². The van der Waals surface area contributed by atoms with Gasteiger partial charge in [-0.3, -0.25) is 9.59 Å². The van der Waals surface area contributed by atoms with Gasteiger partial charge in [-0.05, 0) is 12.8 Å². The molecule has 0 saturated heterocycles. The molecule has 86 valence electrons. The second kappa shape index (κ2) is 4.21. The Kier molecular flexibility index (Phi) is 3.37. The molecule has 0 heterocycles. The van der Waals surface area contributed by atoms with Crippen molar-refractivity contribution in [2.75, 3.05) is 0 Å². The van der Waals surface area contributed by atoms with E-state index in [1.165, 1.54) is 0 Å². The molecule has 2 atom stereocenters. The van der Waals surface area contributed by atoms with E-state index in [-0.39, 0.29) is 11.9 Å². The molecular weight excluding hydrogens is 194 g/mol. The predicted molar refractivity (Wildman–Crippen MR) is 56.4 cm³/mol. The van der Waals surface area contributed by atoms with E-state index in [4.69, 9.17) is 5.11 Å². The molecule has 0 bridgehead atoms. The number of carbonyl (C=O) groups is 2. The maximum absolute atomic E-state index is 11.7. The summed E-state index contributed by atoms with van der Waals surface area (Å²) in [6.07, 6.45) is 2.33. The lowest BCUT2D eigenvalue weighted by molar-refractivity contribution is -0.142. The normalized spacial score (nSPS) is 26.3. The van der Waals surface area contributed by atoms with E-state index in [2.05, 4.69) is 5.32 Å². The molecule has 1 aliphatic carbocycles. The van der Waals surface area contributed by atoms with Gasteiger partial charge in [-0.25, -0.2) is 0 Å². The molecule has 0 aromatic carbocycles. The zero-order valence-electron chi connectivity index (χ0n) is 9.54. The third kappa shape index (κ3) is 2.94. The van der Waals surface area contributed by atoms with E-state index in [1.54, 1.807) is 0 Å². The van der Waals surface area contributed by atoms with Gasteiger partial charge in [0.05, 0.1) is 5.92 Å². The van der Waals surface area contributed by atoms with Crippen LogP contribution in [0.25, 0.3) is 0 Å². The number of carboxylic acid groups (broad SMARTS) is 1. The standard InChI is InChI=1S/C11H19NO3/c1-11(2,3)10(15)12-8-6-4-5-7(8)9(13)14/h7-8H,4-6H2,1-3H3,(H,12,15)(H,13,14). The fraction of sp³-hybridized carbons (Fsp3) is 0.818. The molecule has 15 heavy (non-hydrogen) atoms. The second-order valence-electron chi connectivity index (χ2n) is 5.21. The summed E-state index contributed by atoms with van der Waals surface area (Å²) < 4.78 is 0. The number of amides is 1. The molecule has 0 aromatic rings. The van der Waals surface area contributed by atoms with Crippen molar-refractivity contribution in [3.8, 4) is 0 Å². The van der Waals surface area contributed by atoms with E-state index in [9.17, 15) is 9.59 Å². The first-order chi connectivity index (χ1) is 6.82. The number of hydrogen-bond donors (Lipinski definition) is 2. The minimum atomic E-state index is -0.799. The Morgan fingerprint density at radius 1 is 1.27 bits per heavy atom. The Labute approximate surface area is 90.0 Å². The highest BCUT2D eigenvalue weighted by molar-refractivity contribution is 5.82. The SMILES string of the molecule is CC(C)(C)C(=O)NC1CCCC1C(=O)O. The van der Waals surface area contributed by atoms with E-state index >= 15 is 0 Å². The molecule has 4 nitrogen and oxygen atoms in total. The lowest BCUT2D eigenvalue weighted by Gasteiger charge is -2.23. The van der Waals surface area contributed by atoms with Crippen LogP contribution in [-0.4, -0.2) is 23.0 Å². The van der Waals surface area contributed by atoms with Crippen LogP contribution >= 0.6 is 0 Å². The zero-order chi connectivity index (χ0) is 11.6. The van der Waals surface area contributed by atoms with Gasteiger partial charge >= 0.3 is 5.97 Å². The van der Waals surface area contributed by atoms with Crippen molar-refractivity contribution in [3.05, 3.63) is 0 Å². The molecule has 0 radical (unpaired) electrons. The average molecular weight is 213 g/mol. The van der Waals surface area contributed by atoms with Crippen LogP contribution < -0.4 is 5.32 Å². The van der Waals surface area contributed by atoms with Crippen LogP contribution in [0, 0.1) is 11.3 Å². The molecular formula is C11H19NO3. The molecule has 1 saturated carbocycles. The number of aliphatic carboxylic acids is 1. The van der Waals surface area contributed by atoms with Gasteiger partial charge in [0.1, 0.15) is 0 Å². The van der Waals surface area contributed by atoms with Gasteiger partial charge in [-0.15, -0.1) is 0 Å². The van der Waals surface area contributed by atoms with Crippen molar-refractivity contribution in [1.29, 1.82) is 0 Å². The zero-order valence-corrected chi connectivity index (χ0v) is 9.54. The molecule has 2 N–H and O–H groups in total. The Hall–Kier alpha value is -1.06. The van der Waals surface area contributed by atoms with E-state index in [0.29, 0.717) is 6.42 Å². The van der Waals surface area contributed by atoms with Crippen molar-refractivity contribution in [1.82, 2.24) is 5.32 Å². The first-order valence-electron chi connectivity index (χ1n) is 5.36. The fourth-order valence-electron chi connectivity index (χ4n) is 1.81. The smallest absolute Gasteiger partial charge is 0.308 e. The molecule has 0 aromatic heterocycles. The van der Waals surface area contributed by atoms with Crippen molar-refractivity contribution < 1.29 is 14.7 Å². The fourth-order valence-corrected chi connectivity index (χ4v) is 1.81. The summed E-state index contributed by atoms with van der Waals surface area (Å²) >= 11 is 0. The maximum atomic E-state index is 11.7. The van der Waals surface area contributed by atoms with Crippen LogP contribution in [0.5, 0.6) is 0 Å². The summed E-state index contributed by atoms with van der Waals surface area (Å²) in [6.45, 7) is 5.48.